The Morgan fingerprint density at radius 1 is 1.24 bits per heavy atom. The fourth-order valence-corrected chi connectivity index (χ4v) is 1.12. The average molecular weight is 325 g/mol. The summed E-state index contributed by atoms with van der Waals surface area (Å²) in [4.78, 5) is 36.1. The molecule has 10 heteroatoms. The van der Waals surface area contributed by atoms with Gasteiger partial charge in [0.1, 0.15) is 0 Å². The number of hydrogen-bond donors (Lipinski definition) is 0. The van der Waals surface area contributed by atoms with E-state index in [-0.39, 0.29) is 17.9 Å². The first-order valence-corrected chi connectivity index (χ1v) is 5.79. The normalized spacial score (nSPS) is 16.6. The largest absolute Gasteiger partial charge is 0.536 e. The van der Waals surface area contributed by atoms with Crippen molar-refractivity contribution in [1.29, 1.82) is 0 Å². The number of hydrogen-bond acceptors (Lipinski definition) is 5. The van der Waals surface area contributed by atoms with Crippen LogP contribution in [0.15, 0.2) is 0 Å². The van der Waals surface area contributed by atoms with Crippen molar-refractivity contribution in [2.45, 2.75) is 22.2 Å². The van der Waals surface area contributed by atoms with Gasteiger partial charge in [0.15, 0.2) is 4.84 Å². The van der Waals surface area contributed by atoms with Gasteiger partial charge in [-0.3, -0.25) is 14.4 Å². The van der Waals surface area contributed by atoms with Crippen LogP contribution in [0, 0.1) is 0 Å². The predicted molar refractivity (Wildman–Crippen MR) is 58.6 cm³/mol. The molecule has 0 spiro atoms. The Bertz CT molecular complexity index is 342. The van der Waals surface area contributed by atoms with E-state index in [2.05, 4.69) is 9.57 Å². The Labute approximate surface area is 116 Å². The Kier molecular flexibility index (Phi) is 4.71. The summed E-state index contributed by atoms with van der Waals surface area (Å²) in [5, 5.41) is 0.268. The van der Waals surface area contributed by atoms with Crippen molar-refractivity contribution in [1.82, 2.24) is 5.06 Å². The molecular formula is C7H5Cl4NO5. The standard InChI is InChI=1S/C7H5Cl4NO5/c8-5(9)7(10,11)16-6(15)17-12-3(13)1-2-4(12)14/h5H,1-2H2. The summed E-state index contributed by atoms with van der Waals surface area (Å²) in [6.07, 6.45) is -1.57. The van der Waals surface area contributed by atoms with Crippen LogP contribution in [0.3, 0.4) is 0 Å². The number of rotatable bonds is 3. The fourth-order valence-electron chi connectivity index (χ4n) is 0.907. The highest BCUT2D eigenvalue weighted by Crippen LogP contribution is 2.33. The molecule has 1 heterocycles. The summed E-state index contributed by atoms with van der Waals surface area (Å²) in [6, 6.07) is 0. The lowest BCUT2D eigenvalue weighted by molar-refractivity contribution is -0.178. The summed E-state index contributed by atoms with van der Waals surface area (Å²) >= 11 is 21.4. The molecule has 0 unspecified atom stereocenters. The second kappa shape index (κ2) is 5.48. The van der Waals surface area contributed by atoms with E-state index in [0.717, 1.165) is 0 Å². The van der Waals surface area contributed by atoms with Gasteiger partial charge in [-0.15, -0.1) is 0 Å². The fraction of sp³-hybridized carbons (Fsp3) is 0.571. The Morgan fingerprint density at radius 2 is 1.71 bits per heavy atom. The molecule has 0 saturated carbocycles. The van der Waals surface area contributed by atoms with E-state index in [4.69, 9.17) is 46.4 Å². The molecular weight excluding hydrogens is 320 g/mol. The minimum absolute atomic E-state index is 0.0490. The molecule has 1 aliphatic heterocycles. The maximum absolute atomic E-state index is 11.1. The maximum Gasteiger partial charge on any atom is 0.536 e. The number of ether oxygens (including phenoxy) is 1. The number of hydroxylamine groups is 2. The van der Waals surface area contributed by atoms with Crippen LogP contribution in [0.4, 0.5) is 4.79 Å². The second-order valence-electron chi connectivity index (χ2n) is 2.89. The summed E-state index contributed by atoms with van der Waals surface area (Å²) in [6.45, 7) is 0. The zero-order valence-electron chi connectivity index (χ0n) is 7.99. The number of amides is 2. The molecule has 17 heavy (non-hydrogen) atoms. The van der Waals surface area contributed by atoms with Crippen LogP contribution in [0.1, 0.15) is 12.8 Å². The van der Waals surface area contributed by atoms with E-state index < -0.39 is 27.3 Å². The van der Waals surface area contributed by atoms with Crippen molar-refractivity contribution in [3.05, 3.63) is 0 Å². The Morgan fingerprint density at radius 3 is 2.12 bits per heavy atom. The molecule has 0 atom stereocenters. The van der Waals surface area contributed by atoms with Crippen LogP contribution in [-0.4, -0.2) is 32.4 Å². The number of nitrogens with zero attached hydrogens (tertiary/aromatic N) is 1. The molecule has 1 aliphatic rings. The van der Waals surface area contributed by atoms with Gasteiger partial charge < -0.3 is 4.74 Å². The van der Waals surface area contributed by atoms with Gasteiger partial charge in [-0.2, -0.15) is 0 Å². The van der Waals surface area contributed by atoms with Crippen molar-refractivity contribution in [2.75, 3.05) is 0 Å². The van der Waals surface area contributed by atoms with Gasteiger partial charge >= 0.3 is 6.16 Å². The first-order valence-electron chi connectivity index (χ1n) is 4.16. The lowest BCUT2D eigenvalue weighted by Crippen LogP contribution is -2.36. The lowest BCUT2D eigenvalue weighted by atomic mass is 10.4. The van der Waals surface area contributed by atoms with Crippen molar-refractivity contribution in [3.63, 3.8) is 0 Å². The van der Waals surface area contributed by atoms with Crippen LogP contribution >= 0.6 is 46.4 Å². The molecule has 0 aromatic carbocycles. The van der Waals surface area contributed by atoms with Gasteiger partial charge in [0.2, 0.25) is 0 Å². The van der Waals surface area contributed by atoms with Gasteiger partial charge in [0, 0.05) is 12.8 Å². The third kappa shape index (κ3) is 3.77. The van der Waals surface area contributed by atoms with Gasteiger partial charge in [-0.05, 0) is 0 Å². The topological polar surface area (TPSA) is 72.9 Å². The first kappa shape index (κ1) is 14.6. The Balaban J connectivity index is 2.56. The zero-order chi connectivity index (χ0) is 13.2. The van der Waals surface area contributed by atoms with Gasteiger partial charge in [-0.1, -0.05) is 51.5 Å². The van der Waals surface area contributed by atoms with Gasteiger partial charge in [0.25, 0.3) is 16.3 Å². The second-order valence-corrected chi connectivity index (χ2v) is 5.30. The lowest BCUT2D eigenvalue weighted by Gasteiger charge is -2.21. The molecule has 1 rings (SSSR count). The summed E-state index contributed by atoms with van der Waals surface area (Å²) in [5.41, 5.74) is 0. The number of halogens is 4. The predicted octanol–water partition coefficient (Wildman–Crippen LogP) is 2.14. The molecule has 6 nitrogen and oxygen atoms in total. The smallest absolute Gasteiger partial charge is 0.393 e. The monoisotopic (exact) mass is 323 g/mol. The van der Waals surface area contributed by atoms with Gasteiger partial charge in [-0.25, -0.2) is 4.79 Å². The molecule has 1 saturated heterocycles. The third-order valence-corrected chi connectivity index (χ3v) is 3.30. The zero-order valence-corrected chi connectivity index (χ0v) is 11.0. The van der Waals surface area contributed by atoms with Crippen molar-refractivity contribution in [2.24, 2.45) is 0 Å². The first-order chi connectivity index (χ1) is 7.74. The van der Waals surface area contributed by atoms with Crippen LogP contribution in [0.2, 0.25) is 0 Å². The van der Waals surface area contributed by atoms with E-state index in [1.165, 1.54) is 0 Å². The number of carbonyl (C=O) groups excluding carboxylic acids is 3. The molecule has 0 aliphatic carbocycles. The highest BCUT2D eigenvalue weighted by Gasteiger charge is 2.40. The van der Waals surface area contributed by atoms with E-state index in [1.807, 2.05) is 0 Å². The molecule has 1 fully saturated rings. The summed E-state index contributed by atoms with van der Waals surface area (Å²) < 4.78 is 2.07. The van der Waals surface area contributed by atoms with E-state index in [0.29, 0.717) is 0 Å². The van der Waals surface area contributed by atoms with E-state index in [9.17, 15) is 14.4 Å². The number of carbonyl (C=O) groups is 3. The molecule has 0 radical (unpaired) electrons. The van der Waals surface area contributed by atoms with Crippen molar-refractivity contribution in [3.8, 4) is 0 Å². The average Bonchev–Trinajstić information content (AvgIpc) is 2.48. The molecule has 0 N–H and O–H groups in total. The van der Waals surface area contributed by atoms with Crippen LogP contribution in [0.5, 0.6) is 0 Å². The molecule has 96 valence electrons. The van der Waals surface area contributed by atoms with Crippen molar-refractivity contribution >= 4 is 64.4 Å². The molecule has 0 bridgehead atoms. The van der Waals surface area contributed by atoms with Crippen LogP contribution in [-0.2, 0) is 19.2 Å². The molecule has 2 amide bonds. The van der Waals surface area contributed by atoms with Crippen LogP contribution < -0.4 is 0 Å². The van der Waals surface area contributed by atoms with Crippen molar-refractivity contribution < 1.29 is 24.0 Å². The third-order valence-electron chi connectivity index (χ3n) is 1.65. The van der Waals surface area contributed by atoms with Crippen LogP contribution in [0.25, 0.3) is 0 Å². The van der Waals surface area contributed by atoms with E-state index >= 15 is 0 Å². The molecule has 0 aromatic rings. The highest BCUT2D eigenvalue weighted by molar-refractivity contribution is 6.59. The molecule has 0 aromatic heterocycles. The van der Waals surface area contributed by atoms with E-state index in [1.54, 1.807) is 0 Å². The maximum atomic E-state index is 11.1. The quantitative estimate of drug-likeness (QED) is 0.452. The Hall–Kier alpha value is -0.430. The van der Waals surface area contributed by atoms with Gasteiger partial charge in [0.05, 0.1) is 0 Å². The highest BCUT2D eigenvalue weighted by atomic mass is 35.5. The minimum Gasteiger partial charge on any atom is -0.393 e. The summed E-state index contributed by atoms with van der Waals surface area (Å²) in [5.74, 6) is -1.34. The summed E-state index contributed by atoms with van der Waals surface area (Å²) in [7, 11) is 0. The SMILES string of the molecule is O=C(ON1C(=O)CCC1=O)OC(Cl)(Cl)C(Cl)Cl. The number of imide groups is 1. The minimum atomic E-state index is -2.24. The number of alkyl halides is 4.